The molecule has 2 unspecified atom stereocenters. The lowest BCUT2D eigenvalue weighted by Crippen LogP contribution is -2.51. The van der Waals surface area contributed by atoms with E-state index >= 15 is 0 Å². The van der Waals surface area contributed by atoms with Crippen molar-refractivity contribution < 1.29 is 14.3 Å². The molecule has 0 spiro atoms. The molecule has 1 aromatic rings. The maximum atomic E-state index is 12.3. The summed E-state index contributed by atoms with van der Waals surface area (Å²) in [7, 11) is 0. The van der Waals surface area contributed by atoms with E-state index in [-0.39, 0.29) is 24.7 Å². The van der Waals surface area contributed by atoms with E-state index in [1.54, 1.807) is 0 Å². The molecule has 0 saturated carbocycles. The molecule has 4 nitrogen and oxygen atoms in total. The van der Waals surface area contributed by atoms with Crippen molar-refractivity contribution in [2.45, 2.75) is 39.3 Å². The summed E-state index contributed by atoms with van der Waals surface area (Å²) < 4.78 is 11.2. The average Bonchev–Trinajstić information content (AvgIpc) is 2.47. The third-order valence-corrected chi connectivity index (χ3v) is 3.63. The lowest BCUT2D eigenvalue weighted by molar-refractivity contribution is -0.145. The number of amides is 1. The van der Waals surface area contributed by atoms with E-state index < -0.39 is 0 Å². The van der Waals surface area contributed by atoms with Crippen molar-refractivity contribution in [1.82, 2.24) is 4.90 Å². The summed E-state index contributed by atoms with van der Waals surface area (Å²) in [5.41, 5.74) is 1.13. The molecule has 0 aromatic heterocycles. The second-order valence-corrected chi connectivity index (χ2v) is 5.29. The van der Waals surface area contributed by atoms with Gasteiger partial charge in [0, 0.05) is 6.54 Å². The van der Waals surface area contributed by atoms with Crippen molar-refractivity contribution in [2.24, 2.45) is 0 Å². The molecule has 20 heavy (non-hydrogen) atoms. The third kappa shape index (κ3) is 3.51. The lowest BCUT2D eigenvalue weighted by Gasteiger charge is -2.36. The highest BCUT2D eigenvalue weighted by atomic mass is 16.5. The zero-order valence-electron chi connectivity index (χ0n) is 12.5. The maximum Gasteiger partial charge on any atom is 0.260 e. The van der Waals surface area contributed by atoms with Gasteiger partial charge in [-0.15, -0.1) is 0 Å². The molecular weight excluding hydrogens is 254 g/mol. The zero-order chi connectivity index (χ0) is 14.5. The summed E-state index contributed by atoms with van der Waals surface area (Å²) in [4.78, 5) is 14.1. The number of carbonyl (C=O) groups excluding carboxylic acids is 1. The summed E-state index contributed by atoms with van der Waals surface area (Å²) in [6.45, 7) is 7.39. The number of aryl methyl sites for hydroxylation is 1. The van der Waals surface area contributed by atoms with Crippen LogP contribution in [0, 0.1) is 0 Å². The van der Waals surface area contributed by atoms with Crippen LogP contribution in [-0.2, 0) is 16.0 Å². The number of morpholine rings is 1. The Kier molecular flexibility index (Phi) is 5.01. The largest absolute Gasteiger partial charge is 0.483 e. The van der Waals surface area contributed by atoms with Gasteiger partial charge in [-0.2, -0.15) is 0 Å². The minimum Gasteiger partial charge on any atom is -0.483 e. The molecule has 0 N–H and O–H groups in total. The van der Waals surface area contributed by atoms with Crippen molar-refractivity contribution in [3.63, 3.8) is 0 Å². The van der Waals surface area contributed by atoms with Gasteiger partial charge in [0.1, 0.15) is 5.75 Å². The fraction of sp³-hybridized carbons (Fsp3) is 0.562. The maximum absolute atomic E-state index is 12.3. The highest BCUT2D eigenvalue weighted by molar-refractivity contribution is 5.78. The van der Waals surface area contributed by atoms with Gasteiger partial charge < -0.3 is 14.4 Å². The molecule has 110 valence electrons. The van der Waals surface area contributed by atoms with E-state index in [0.29, 0.717) is 13.2 Å². The molecule has 1 heterocycles. The minimum atomic E-state index is 0.0264. The molecule has 1 saturated heterocycles. The van der Waals surface area contributed by atoms with Crippen LogP contribution in [0.5, 0.6) is 5.75 Å². The Morgan fingerprint density at radius 2 is 2.15 bits per heavy atom. The summed E-state index contributed by atoms with van der Waals surface area (Å²) in [5.74, 6) is 0.830. The van der Waals surface area contributed by atoms with E-state index in [1.807, 2.05) is 43.0 Å². The number of carbonyl (C=O) groups is 1. The first-order valence-corrected chi connectivity index (χ1v) is 7.23. The Balaban J connectivity index is 1.94. The standard InChI is InChI=1S/C16H23NO3/c1-4-14-7-5-6-8-15(14)20-11-16(18)17-9-13(3)19-10-12(17)2/h5-8,12-13H,4,9-11H2,1-3H3. The van der Waals surface area contributed by atoms with Gasteiger partial charge in [-0.25, -0.2) is 0 Å². The molecule has 2 atom stereocenters. The zero-order valence-corrected chi connectivity index (χ0v) is 12.5. The predicted octanol–water partition coefficient (Wildman–Crippen LogP) is 2.26. The molecule has 1 aliphatic heterocycles. The molecule has 1 aromatic carbocycles. The first-order chi connectivity index (χ1) is 9.61. The fourth-order valence-electron chi connectivity index (χ4n) is 2.41. The van der Waals surface area contributed by atoms with Crippen LogP contribution in [0.2, 0.25) is 0 Å². The molecule has 0 bridgehead atoms. The minimum absolute atomic E-state index is 0.0264. The Bertz CT molecular complexity index is 461. The number of para-hydroxylation sites is 1. The summed E-state index contributed by atoms with van der Waals surface area (Å²) in [6.07, 6.45) is 0.994. The molecule has 1 fully saturated rings. The normalized spacial score (nSPS) is 22.6. The van der Waals surface area contributed by atoms with Gasteiger partial charge in [0.15, 0.2) is 6.61 Å². The van der Waals surface area contributed by atoms with Crippen LogP contribution in [0.4, 0.5) is 0 Å². The number of hydrogen-bond acceptors (Lipinski definition) is 3. The Morgan fingerprint density at radius 1 is 1.40 bits per heavy atom. The van der Waals surface area contributed by atoms with Crippen molar-refractivity contribution in [3.05, 3.63) is 29.8 Å². The van der Waals surface area contributed by atoms with Crippen molar-refractivity contribution in [3.8, 4) is 5.75 Å². The summed E-state index contributed by atoms with van der Waals surface area (Å²) in [6, 6.07) is 7.97. The Labute approximate surface area is 120 Å². The molecule has 1 aliphatic rings. The third-order valence-electron chi connectivity index (χ3n) is 3.63. The number of nitrogens with zero attached hydrogens (tertiary/aromatic N) is 1. The lowest BCUT2D eigenvalue weighted by atomic mass is 10.1. The first-order valence-electron chi connectivity index (χ1n) is 7.23. The van der Waals surface area contributed by atoms with Gasteiger partial charge in [0.05, 0.1) is 18.8 Å². The second-order valence-electron chi connectivity index (χ2n) is 5.29. The molecular formula is C16H23NO3. The van der Waals surface area contributed by atoms with Crippen LogP contribution in [0.15, 0.2) is 24.3 Å². The number of rotatable bonds is 4. The number of ether oxygens (including phenoxy) is 2. The SMILES string of the molecule is CCc1ccccc1OCC(=O)N1CC(C)OCC1C. The van der Waals surface area contributed by atoms with E-state index in [1.165, 1.54) is 0 Å². The quantitative estimate of drug-likeness (QED) is 0.847. The highest BCUT2D eigenvalue weighted by Gasteiger charge is 2.27. The van der Waals surface area contributed by atoms with Gasteiger partial charge in [0.2, 0.25) is 0 Å². The Hall–Kier alpha value is -1.55. The van der Waals surface area contributed by atoms with Crippen LogP contribution < -0.4 is 4.74 Å². The summed E-state index contributed by atoms with van der Waals surface area (Å²) in [5, 5.41) is 0. The van der Waals surface area contributed by atoms with Crippen LogP contribution in [0.3, 0.4) is 0 Å². The first kappa shape index (κ1) is 14.9. The monoisotopic (exact) mass is 277 g/mol. The smallest absolute Gasteiger partial charge is 0.260 e. The molecule has 2 rings (SSSR count). The molecule has 1 amide bonds. The molecule has 4 heteroatoms. The van der Waals surface area contributed by atoms with Gasteiger partial charge in [-0.1, -0.05) is 25.1 Å². The van der Waals surface area contributed by atoms with E-state index in [2.05, 4.69) is 6.92 Å². The van der Waals surface area contributed by atoms with Crippen LogP contribution in [0.25, 0.3) is 0 Å². The van der Waals surface area contributed by atoms with E-state index in [9.17, 15) is 4.79 Å². The van der Waals surface area contributed by atoms with Gasteiger partial charge in [-0.05, 0) is 31.9 Å². The topological polar surface area (TPSA) is 38.8 Å². The van der Waals surface area contributed by atoms with Crippen LogP contribution >= 0.6 is 0 Å². The number of benzene rings is 1. The highest BCUT2D eigenvalue weighted by Crippen LogP contribution is 2.19. The van der Waals surface area contributed by atoms with Crippen molar-refractivity contribution in [1.29, 1.82) is 0 Å². The Morgan fingerprint density at radius 3 is 2.90 bits per heavy atom. The van der Waals surface area contributed by atoms with Crippen LogP contribution in [0.1, 0.15) is 26.3 Å². The van der Waals surface area contributed by atoms with Crippen LogP contribution in [-0.4, -0.2) is 42.7 Å². The summed E-state index contributed by atoms with van der Waals surface area (Å²) >= 11 is 0. The van der Waals surface area contributed by atoms with Gasteiger partial charge >= 0.3 is 0 Å². The fourth-order valence-corrected chi connectivity index (χ4v) is 2.41. The van der Waals surface area contributed by atoms with Crippen molar-refractivity contribution >= 4 is 5.91 Å². The van der Waals surface area contributed by atoms with Gasteiger partial charge in [-0.3, -0.25) is 4.79 Å². The molecule has 0 radical (unpaired) electrons. The van der Waals surface area contributed by atoms with Crippen molar-refractivity contribution in [2.75, 3.05) is 19.8 Å². The van der Waals surface area contributed by atoms with Gasteiger partial charge in [0.25, 0.3) is 5.91 Å². The van der Waals surface area contributed by atoms with E-state index in [0.717, 1.165) is 17.7 Å². The number of hydrogen-bond donors (Lipinski definition) is 0. The van der Waals surface area contributed by atoms with E-state index in [4.69, 9.17) is 9.47 Å². The predicted molar refractivity (Wildman–Crippen MR) is 77.9 cm³/mol. The molecule has 0 aliphatic carbocycles. The average molecular weight is 277 g/mol. The second kappa shape index (κ2) is 6.75.